The lowest BCUT2D eigenvalue weighted by Crippen LogP contribution is -2.17. The molecule has 1 amide bonds. The molecule has 1 aromatic heterocycles. The second-order valence-electron chi connectivity index (χ2n) is 7.63. The monoisotopic (exact) mass is 426 g/mol. The molecular formula is C26H22N2O2S. The fourth-order valence-corrected chi connectivity index (χ4v) is 4.97. The van der Waals surface area contributed by atoms with Gasteiger partial charge in [-0.1, -0.05) is 78.9 Å². The zero-order valence-electron chi connectivity index (χ0n) is 17.2. The van der Waals surface area contributed by atoms with Crippen LogP contribution in [-0.4, -0.2) is 17.7 Å². The van der Waals surface area contributed by atoms with Crippen LogP contribution in [-0.2, 0) is 11.2 Å². The van der Waals surface area contributed by atoms with Crippen LogP contribution in [0.1, 0.15) is 33.2 Å². The normalized spacial score (nSPS) is 12.3. The number of carbonyl (C=O) groups is 1. The standard InChI is InChI=1S/C26H22N2O2S/c1-17-24(15-18-9-3-2-4-10-18)27-25(31-17)28-26(29)30-16-23-21-13-7-5-11-19(21)20-12-6-8-14-22(20)23/h2-14,23H,15-16H2,1H3,(H,27,28,29). The molecule has 0 aliphatic heterocycles. The lowest BCUT2D eigenvalue weighted by molar-refractivity contribution is 0.158. The first-order valence-corrected chi connectivity index (χ1v) is 11.1. The molecular weight excluding hydrogens is 404 g/mol. The van der Waals surface area contributed by atoms with Crippen LogP contribution in [0.3, 0.4) is 0 Å². The number of nitrogens with zero attached hydrogens (tertiary/aromatic N) is 1. The average molecular weight is 427 g/mol. The Kier molecular flexibility index (Phi) is 5.26. The summed E-state index contributed by atoms with van der Waals surface area (Å²) in [6.45, 7) is 2.32. The number of aryl methyl sites for hydroxylation is 1. The van der Waals surface area contributed by atoms with Crippen molar-refractivity contribution in [1.29, 1.82) is 0 Å². The molecule has 0 fully saturated rings. The SMILES string of the molecule is Cc1sc(NC(=O)OCC2c3ccccc3-c3ccccc32)nc1Cc1ccccc1. The maximum Gasteiger partial charge on any atom is 0.413 e. The number of rotatable bonds is 5. The predicted octanol–water partition coefficient (Wildman–Crippen LogP) is 6.40. The molecule has 1 heterocycles. The minimum absolute atomic E-state index is 0.0461. The number of anilines is 1. The maximum atomic E-state index is 12.5. The molecule has 0 bridgehead atoms. The van der Waals surface area contributed by atoms with Crippen LogP contribution in [0.4, 0.5) is 9.93 Å². The van der Waals surface area contributed by atoms with Crippen molar-refractivity contribution in [3.8, 4) is 11.1 Å². The summed E-state index contributed by atoms with van der Waals surface area (Å²) in [6, 6.07) is 26.8. The van der Waals surface area contributed by atoms with Gasteiger partial charge in [-0.25, -0.2) is 9.78 Å². The number of fused-ring (bicyclic) bond motifs is 3. The van der Waals surface area contributed by atoms with E-state index in [0.29, 0.717) is 11.7 Å². The zero-order chi connectivity index (χ0) is 21.2. The fourth-order valence-electron chi connectivity index (χ4n) is 4.16. The molecule has 0 saturated heterocycles. The summed E-state index contributed by atoms with van der Waals surface area (Å²) in [5.41, 5.74) is 7.01. The molecule has 0 saturated carbocycles. The summed E-state index contributed by atoms with van der Waals surface area (Å²) >= 11 is 1.47. The van der Waals surface area contributed by atoms with Crippen LogP contribution in [0.2, 0.25) is 0 Å². The summed E-state index contributed by atoms with van der Waals surface area (Å²) in [7, 11) is 0. The Morgan fingerprint density at radius 2 is 1.55 bits per heavy atom. The van der Waals surface area contributed by atoms with Gasteiger partial charge >= 0.3 is 6.09 Å². The second-order valence-corrected chi connectivity index (χ2v) is 8.84. The maximum absolute atomic E-state index is 12.5. The molecule has 5 heteroatoms. The van der Waals surface area contributed by atoms with Crippen molar-refractivity contribution in [1.82, 2.24) is 4.98 Å². The topological polar surface area (TPSA) is 51.2 Å². The second kappa shape index (κ2) is 8.36. The van der Waals surface area contributed by atoms with Crippen molar-refractivity contribution in [3.63, 3.8) is 0 Å². The Labute approximate surface area is 185 Å². The predicted molar refractivity (Wildman–Crippen MR) is 125 cm³/mol. The van der Waals surface area contributed by atoms with Gasteiger partial charge < -0.3 is 4.74 Å². The molecule has 154 valence electrons. The number of ether oxygens (including phenoxy) is 1. The molecule has 31 heavy (non-hydrogen) atoms. The average Bonchev–Trinajstić information content (AvgIpc) is 3.30. The first kappa shape index (κ1) is 19.5. The van der Waals surface area contributed by atoms with E-state index in [1.807, 2.05) is 49.4 Å². The van der Waals surface area contributed by atoms with Gasteiger partial charge in [-0.3, -0.25) is 5.32 Å². The summed E-state index contributed by atoms with van der Waals surface area (Å²) in [6.07, 6.45) is 0.275. The highest BCUT2D eigenvalue weighted by atomic mass is 32.1. The Morgan fingerprint density at radius 3 is 2.23 bits per heavy atom. The van der Waals surface area contributed by atoms with Crippen molar-refractivity contribution < 1.29 is 9.53 Å². The van der Waals surface area contributed by atoms with E-state index >= 15 is 0 Å². The Balaban J connectivity index is 1.26. The van der Waals surface area contributed by atoms with Gasteiger partial charge in [-0.2, -0.15) is 0 Å². The molecule has 4 aromatic rings. The van der Waals surface area contributed by atoms with Gasteiger partial charge in [0.2, 0.25) is 0 Å². The number of hydrogen-bond donors (Lipinski definition) is 1. The molecule has 1 N–H and O–H groups in total. The Hall–Kier alpha value is -3.44. The Morgan fingerprint density at radius 1 is 0.935 bits per heavy atom. The largest absolute Gasteiger partial charge is 0.448 e. The van der Waals surface area contributed by atoms with E-state index in [0.717, 1.165) is 17.0 Å². The molecule has 0 unspecified atom stereocenters. The molecule has 0 radical (unpaired) electrons. The first-order chi connectivity index (χ1) is 15.2. The summed E-state index contributed by atoms with van der Waals surface area (Å²) in [5, 5.41) is 3.38. The van der Waals surface area contributed by atoms with Gasteiger partial charge in [-0.05, 0) is 34.7 Å². The number of amides is 1. The number of thiazole rings is 1. The molecule has 0 spiro atoms. The van der Waals surface area contributed by atoms with Gasteiger partial charge in [0.05, 0.1) is 5.69 Å². The number of carbonyl (C=O) groups excluding carboxylic acids is 1. The summed E-state index contributed by atoms with van der Waals surface area (Å²) < 4.78 is 5.63. The molecule has 4 nitrogen and oxygen atoms in total. The third-order valence-corrected chi connectivity index (χ3v) is 6.59. The van der Waals surface area contributed by atoms with Crippen LogP contribution in [0, 0.1) is 6.92 Å². The molecule has 5 rings (SSSR count). The smallest absolute Gasteiger partial charge is 0.413 e. The highest BCUT2D eigenvalue weighted by Gasteiger charge is 2.29. The van der Waals surface area contributed by atoms with Crippen LogP contribution in [0.5, 0.6) is 0 Å². The highest BCUT2D eigenvalue weighted by molar-refractivity contribution is 7.15. The Bertz CT molecular complexity index is 1190. The van der Waals surface area contributed by atoms with Crippen LogP contribution >= 0.6 is 11.3 Å². The van der Waals surface area contributed by atoms with Crippen molar-refractivity contribution >= 4 is 22.6 Å². The van der Waals surface area contributed by atoms with Gasteiger partial charge in [0.15, 0.2) is 5.13 Å². The number of benzene rings is 3. The van der Waals surface area contributed by atoms with E-state index in [9.17, 15) is 4.79 Å². The molecule has 1 aliphatic carbocycles. The van der Waals surface area contributed by atoms with E-state index in [4.69, 9.17) is 4.74 Å². The number of aromatic nitrogens is 1. The third kappa shape index (κ3) is 3.97. The minimum atomic E-state index is -0.470. The van der Waals surface area contributed by atoms with Gasteiger partial charge in [0.1, 0.15) is 6.61 Å². The fraction of sp³-hybridized carbons (Fsp3) is 0.154. The first-order valence-electron chi connectivity index (χ1n) is 10.3. The minimum Gasteiger partial charge on any atom is -0.448 e. The highest BCUT2D eigenvalue weighted by Crippen LogP contribution is 2.44. The lowest BCUT2D eigenvalue weighted by Gasteiger charge is -2.14. The van der Waals surface area contributed by atoms with Crippen molar-refractivity contribution in [2.24, 2.45) is 0 Å². The van der Waals surface area contributed by atoms with E-state index in [-0.39, 0.29) is 5.92 Å². The third-order valence-electron chi connectivity index (χ3n) is 5.66. The quantitative estimate of drug-likeness (QED) is 0.401. The van der Waals surface area contributed by atoms with Gasteiger partial charge in [0.25, 0.3) is 0 Å². The van der Waals surface area contributed by atoms with Crippen LogP contribution < -0.4 is 5.32 Å². The van der Waals surface area contributed by atoms with Crippen molar-refractivity contribution in [2.45, 2.75) is 19.3 Å². The van der Waals surface area contributed by atoms with Crippen molar-refractivity contribution in [2.75, 3.05) is 11.9 Å². The van der Waals surface area contributed by atoms with E-state index < -0.39 is 6.09 Å². The molecule has 0 atom stereocenters. The summed E-state index contributed by atoms with van der Waals surface area (Å²) in [5.74, 6) is 0.0461. The van der Waals surface area contributed by atoms with Crippen LogP contribution in [0.25, 0.3) is 11.1 Å². The lowest BCUT2D eigenvalue weighted by atomic mass is 9.98. The van der Waals surface area contributed by atoms with Gasteiger partial charge in [-0.15, -0.1) is 11.3 Å². The molecule has 1 aliphatic rings. The summed E-state index contributed by atoms with van der Waals surface area (Å²) in [4.78, 5) is 18.2. The van der Waals surface area contributed by atoms with E-state index in [2.05, 4.69) is 46.7 Å². The van der Waals surface area contributed by atoms with E-state index in [1.54, 1.807) is 0 Å². The van der Waals surface area contributed by atoms with Crippen molar-refractivity contribution in [3.05, 3.63) is 106 Å². The number of nitrogens with one attached hydrogen (secondary N) is 1. The van der Waals surface area contributed by atoms with E-state index in [1.165, 1.54) is 39.2 Å². The van der Waals surface area contributed by atoms with Crippen LogP contribution in [0.15, 0.2) is 78.9 Å². The zero-order valence-corrected chi connectivity index (χ0v) is 18.0. The molecule has 3 aromatic carbocycles. The number of hydrogen-bond acceptors (Lipinski definition) is 4. The van der Waals surface area contributed by atoms with Gasteiger partial charge in [0, 0.05) is 17.2 Å².